The summed E-state index contributed by atoms with van der Waals surface area (Å²) in [4.78, 5) is 22.7. The lowest BCUT2D eigenvalue weighted by Crippen LogP contribution is -2.18. The van der Waals surface area contributed by atoms with Gasteiger partial charge >= 0.3 is 5.97 Å². The first-order valence-electron chi connectivity index (χ1n) is 5.93. The Labute approximate surface area is 112 Å². The number of para-hydroxylation sites is 1. The third-order valence-electron chi connectivity index (χ3n) is 2.39. The first-order chi connectivity index (χ1) is 8.99. The fourth-order valence-electron chi connectivity index (χ4n) is 1.64. The number of methoxy groups -OCH3 is 2. The molecule has 0 saturated carbocycles. The van der Waals surface area contributed by atoms with Crippen molar-refractivity contribution in [2.45, 2.75) is 26.4 Å². The summed E-state index contributed by atoms with van der Waals surface area (Å²) >= 11 is 0. The maximum absolute atomic E-state index is 11.6. The number of rotatable bonds is 6. The maximum Gasteiger partial charge on any atom is 0.374 e. The van der Waals surface area contributed by atoms with Crippen molar-refractivity contribution in [3.05, 3.63) is 23.8 Å². The molecule has 0 unspecified atom stereocenters. The Morgan fingerprint density at radius 1 is 1.21 bits per heavy atom. The Morgan fingerprint density at radius 2 is 1.89 bits per heavy atom. The van der Waals surface area contributed by atoms with E-state index in [1.54, 1.807) is 18.2 Å². The van der Waals surface area contributed by atoms with Crippen LogP contribution in [0, 0.1) is 0 Å². The smallest absolute Gasteiger partial charge is 0.374 e. The van der Waals surface area contributed by atoms with Crippen molar-refractivity contribution in [2.24, 2.45) is 0 Å². The van der Waals surface area contributed by atoms with E-state index in [1.807, 2.05) is 13.8 Å². The van der Waals surface area contributed by atoms with Crippen molar-refractivity contribution in [3.8, 4) is 11.5 Å². The highest BCUT2D eigenvalue weighted by molar-refractivity contribution is 6.34. The first kappa shape index (κ1) is 15.0. The van der Waals surface area contributed by atoms with Gasteiger partial charge in [-0.1, -0.05) is 12.1 Å². The molecule has 1 rings (SSSR count). The molecule has 1 aromatic carbocycles. The van der Waals surface area contributed by atoms with Crippen LogP contribution < -0.4 is 9.47 Å². The van der Waals surface area contributed by atoms with Gasteiger partial charge in [-0.15, -0.1) is 0 Å². The Kier molecular flexibility index (Phi) is 5.36. The molecule has 0 heterocycles. The van der Waals surface area contributed by atoms with Crippen LogP contribution in [0.2, 0.25) is 0 Å². The average Bonchev–Trinajstić information content (AvgIpc) is 2.37. The third-order valence-corrected chi connectivity index (χ3v) is 2.39. The predicted molar refractivity (Wildman–Crippen MR) is 69.5 cm³/mol. The Bertz CT molecular complexity index is 465. The number of Topliss-reactive ketones (excluding diaryl/α,β-unsaturated/α-hetero) is 1. The molecule has 5 nitrogen and oxygen atoms in total. The van der Waals surface area contributed by atoms with Crippen molar-refractivity contribution in [2.75, 3.05) is 14.2 Å². The molecule has 0 bridgehead atoms. The minimum Gasteiger partial charge on any atom is -0.493 e. The summed E-state index contributed by atoms with van der Waals surface area (Å²) in [6.45, 7) is 3.79. The average molecular weight is 266 g/mol. The minimum absolute atomic E-state index is 0.0135. The summed E-state index contributed by atoms with van der Waals surface area (Å²) in [5.74, 6) is -0.471. The van der Waals surface area contributed by atoms with Crippen molar-refractivity contribution in [3.63, 3.8) is 0 Å². The molecule has 0 aliphatic heterocycles. The van der Waals surface area contributed by atoms with E-state index in [4.69, 9.17) is 9.47 Å². The van der Waals surface area contributed by atoms with Gasteiger partial charge in [0.1, 0.15) is 0 Å². The minimum atomic E-state index is -0.864. The van der Waals surface area contributed by atoms with Crippen LogP contribution in [-0.2, 0) is 20.7 Å². The molecule has 0 aliphatic rings. The van der Waals surface area contributed by atoms with E-state index in [-0.39, 0.29) is 12.5 Å². The summed E-state index contributed by atoms with van der Waals surface area (Å²) in [6, 6.07) is 5.22. The fraction of sp³-hybridized carbons (Fsp3) is 0.429. The van der Waals surface area contributed by atoms with Gasteiger partial charge in [0.05, 0.1) is 20.3 Å². The molecule has 0 aliphatic carbocycles. The van der Waals surface area contributed by atoms with E-state index in [1.165, 1.54) is 14.2 Å². The second-order valence-corrected chi connectivity index (χ2v) is 4.21. The van der Waals surface area contributed by atoms with Crippen molar-refractivity contribution >= 4 is 11.8 Å². The zero-order valence-electron chi connectivity index (χ0n) is 11.6. The highest BCUT2D eigenvalue weighted by atomic mass is 16.5. The third kappa shape index (κ3) is 3.98. The van der Waals surface area contributed by atoms with Crippen LogP contribution in [-0.4, -0.2) is 32.1 Å². The van der Waals surface area contributed by atoms with Crippen LogP contribution in [0.4, 0.5) is 0 Å². The number of hydrogen-bond acceptors (Lipinski definition) is 5. The van der Waals surface area contributed by atoms with Crippen LogP contribution in [0.5, 0.6) is 11.5 Å². The Hall–Kier alpha value is -2.04. The molecule has 0 aromatic heterocycles. The van der Waals surface area contributed by atoms with Crippen LogP contribution in [0.1, 0.15) is 19.4 Å². The highest BCUT2D eigenvalue weighted by Gasteiger charge is 2.19. The van der Waals surface area contributed by atoms with E-state index < -0.39 is 11.8 Å². The number of carbonyl (C=O) groups excluding carboxylic acids is 2. The zero-order valence-corrected chi connectivity index (χ0v) is 11.6. The molecule has 19 heavy (non-hydrogen) atoms. The van der Waals surface area contributed by atoms with Gasteiger partial charge in [-0.05, 0) is 19.9 Å². The lowest BCUT2D eigenvalue weighted by atomic mass is 10.1. The topological polar surface area (TPSA) is 61.8 Å². The second kappa shape index (κ2) is 6.78. The van der Waals surface area contributed by atoms with Gasteiger partial charge in [-0.25, -0.2) is 4.79 Å². The van der Waals surface area contributed by atoms with Gasteiger partial charge in [0.2, 0.25) is 5.78 Å². The summed E-state index contributed by atoms with van der Waals surface area (Å²) in [5, 5.41) is 0. The summed E-state index contributed by atoms with van der Waals surface area (Å²) < 4.78 is 15.2. The number of ether oxygens (including phenoxy) is 3. The van der Waals surface area contributed by atoms with E-state index in [0.717, 1.165) is 0 Å². The lowest BCUT2D eigenvalue weighted by Gasteiger charge is -2.15. The molecule has 0 radical (unpaired) electrons. The summed E-state index contributed by atoms with van der Waals surface area (Å²) in [6.07, 6.45) is -0.0917. The second-order valence-electron chi connectivity index (χ2n) is 4.21. The quantitative estimate of drug-likeness (QED) is 0.580. The molecule has 0 fully saturated rings. The van der Waals surface area contributed by atoms with Crippen LogP contribution in [0.25, 0.3) is 0 Å². The predicted octanol–water partition coefficient (Wildman–Crippen LogP) is 1.77. The van der Waals surface area contributed by atoms with Crippen LogP contribution in [0.15, 0.2) is 18.2 Å². The van der Waals surface area contributed by atoms with Crippen LogP contribution in [0.3, 0.4) is 0 Å². The van der Waals surface area contributed by atoms with Gasteiger partial charge < -0.3 is 14.2 Å². The SMILES string of the molecule is COC(=O)C(=O)Cc1cccc(OC(C)C)c1OC. The van der Waals surface area contributed by atoms with E-state index in [2.05, 4.69) is 4.74 Å². The van der Waals surface area contributed by atoms with Gasteiger partial charge in [0.25, 0.3) is 0 Å². The molecular weight excluding hydrogens is 248 g/mol. The fourth-order valence-corrected chi connectivity index (χ4v) is 1.64. The molecule has 104 valence electrons. The molecule has 0 atom stereocenters. The molecule has 0 N–H and O–H groups in total. The molecule has 1 aromatic rings. The Balaban J connectivity index is 3.01. The van der Waals surface area contributed by atoms with Crippen molar-refractivity contribution < 1.29 is 23.8 Å². The number of hydrogen-bond donors (Lipinski definition) is 0. The van der Waals surface area contributed by atoms with Crippen molar-refractivity contribution in [1.29, 1.82) is 0 Å². The molecule has 0 saturated heterocycles. The number of esters is 1. The largest absolute Gasteiger partial charge is 0.493 e. The maximum atomic E-state index is 11.6. The van der Waals surface area contributed by atoms with E-state index >= 15 is 0 Å². The van der Waals surface area contributed by atoms with Crippen molar-refractivity contribution in [1.82, 2.24) is 0 Å². The van der Waals surface area contributed by atoms with Crippen LogP contribution >= 0.6 is 0 Å². The van der Waals surface area contributed by atoms with Gasteiger partial charge in [-0.3, -0.25) is 4.79 Å². The number of benzene rings is 1. The van der Waals surface area contributed by atoms with Gasteiger partial charge in [0, 0.05) is 12.0 Å². The van der Waals surface area contributed by atoms with Gasteiger partial charge in [0.15, 0.2) is 11.5 Å². The number of ketones is 1. The van der Waals surface area contributed by atoms with Gasteiger partial charge in [-0.2, -0.15) is 0 Å². The lowest BCUT2D eigenvalue weighted by molar-refractivity contribution is -0.151. The normalized spacial score (nSPS) is 10.2. The Morgan fingerprint density at radius 3 is 2.42 bits per heavy atom. The standard InChI is InChI=1S/C14H18O5/c1-9(2)19-12-7-5-6-10(13(12)17-3)8-11(15)14(16)18-4/h5-7,9H,8H2,1-4H3. The molecule has 0 spiro atoms. The van der Waals surface area contributed by atoms with E-state index in [9.17, 15) is 9.59 Å². The monoisotopic (exact) mass is 266 g/mol. The summed E-state index contributed by atoms with van der Waals surface area (Å²) in [5.41, 5.74) is 0.594. The molecular formula is C14H18O5. The summed E-state index contributed by atoms with van der Waals surface area (Å²) in [7, 11) is 2.67. The highest BCUT2D eigenvalue weighted by Crippen LogP contribution is 2.32. The molecule has 5 heteroatoms. The first-order valence-corrected chi connectivity index (χ1v) is 5.93. The number of carbonyl (C=O) groups is 2. The van der Waals surface area contributed by atoms with E-state index in [0.29, 0.717) is 17.1 Å². The zero-order chi connectivity index (χ0) is 14.4. The molecule has 0 amide bonds.